The second-order valence-corrected chi connectivity index (χ2v) is 10.0. The zero-order valence-electron chi connectivity index (χ0n) is 20.8. The van der Waals surface area contributed by atoms with Crippen LogP contribution in [-0.2, 0) is 5.54 Å². The minimum Gasteiger partial charge on any atom is -0.371 e. The molecule has 0 fully saturated rings. The van der Waals surface area contributed by atoms with Crippen LogP contribution >= 0.6 is 23.2 Å². The summed E-state index contributed by atoms with van der Waals surface area (Å²) in [4.78, 5) is 0. The Hall–Kier alpha value is -4.05. The molecular formula is C33H25Cl2N3. The topological polar surface area (TPSA) is 29.9 Å². The fourth-order valence-electron chi connectivity index (χ4n) is 5.35. The highest BCUT2D eigenvalue weighted by atomic mass is 35.5. The van der Waals surface area contributed by atoms with Gasteiger partial charge in [0.25, 0.3) is 0 Å². The van der Waals surface area contributed by atoms with E-state index in [1.54, 1.807) is 6.07 Å². The predicted octanol–water partition coefficient (Wildman–Crippen LogP) is 8.89. The van der Waals surface area contributed by atoms with Crippen LogP contribution in [0.4, 0.5) is 5.82 Å². The van der Waals surface area contributed by atoms with E-state index in [0.717, 1.165) is 44.5 Å². The molecule has 0 aliphatic rings. The SMILES string of the molecule is CNc1nn(C(c2ccccc2)(c2ccccc2)c2ccccc2)c2ccc(-c3ccc(Cl)cc3Cl)cc12. The van der Waals surface area contributed by atoms with Crippen molar-refractivity contribution in [1.82, 2.24) is 9.78 Å². The number of anilines is 1. The van der Waals surface area contributed by atoms with Gasteiger partial charge in [-0.15, -0.1) is 0 Å². The van der Waals surface area contributed by atoms with Crippen molar-refractivity contribution >= 4 is 39.9 Å². The molecule has 5 aromatic carbocycles. The van der Waals surface area contributed by atoms with Crippen molar-refractivity contribution in [2.24, 2.45) is 0 Å². The van der Waals surface area contributed by atoms with Crippen molar-refractivity contribution in [3.63, 3.8) is 0 Å². The summed E-state index contributed by atoms with van der Waals surface area (Å²) in [6, 6.07) is 43.7. The fraction of sp³-hybridized carbons (Fsp3) is 0.0606. The third-order valence-corrected chi connectivity index (χ3v) is 7.60. The summed E-state index contributed by atoms with van der Waals surface area (Å²) < 4.78 is 2.15. The molecule has 0 amide bonds. The Kier molecular flexibility index (Phi) is 6.40. The number of hydrogen-bond donors (Lipinski definition) is 1. The molecule has 6 rings (SSSR count). The van der Waals surface area contributed by atoms with Crippen molar-refractivity contribution < 1.29 is 0 Å². The van der Waals surface area contributed by atoms with Gasteiger partial charge < -0.3 is 5.32 Å². The first-order chi connectivity index (χ1) is 18.6. The van der Waals surface area contributed by atoms with Crippen LogP contribution < -0.4 is 5.32 Å². The summed E-state index contributed by atoms with van der Waals surface area (Å²) in [5.41, 5.74) is 5.57. The van der Waals surface area contributed by atoms with Gasteiger partial charge in [0.2, 0.25) is 0 Å². The van der Waals surface area contributed by atoms with Gasteiger partial charge in [-0.05, 0) is 46.5 Å². The lowest BCUT2D eigenvalue weighted by Crippen LogP contribution is -2.38. The van der Waals surface area contributed by atoms with E-state index in [0.29, 0.717) is 10.0 Å². The van der Waals surface area contributed by atoms with Gasteiger partial charge in [0.15, 0.2) is 5.82 Å². The van der Waals surface area contributed by atoms with Crippen LogP contribution in [0.3, 0.4) is 0 Å². The second-order valence-electron chi connectivity index (χ2n) is 9.17. The van der Waals surface area contributed by atoms with Crippen LogP contribution in [0.15, 0.2) is 127 Å². The number of fused-ring (bicyclic) bond motifs is 1. The molecule has 1 aromatic heterocycles. The molecule has 0 saturated heterocycles. The molecule has 0 unspecified atom stereocenters. The molecule has 0 radical (unpaired) electrons. The van der Waals surface area contributed by atoms with Gasteiger partial charge in [0.1, 0.15) is 5.54 Å². The molecule has 0 bridgehead atoms. The highest BCUT2D eigenvalue weighted by molar-refractivity contribution is 6.36. The van der Waals surface area contributed by atoms with E-state index in [9.17, 15) is 0 Å². The molecule has 0 spiro atoms. The number of nitrogens with zero attached hydrogens (tertiary/aromatic N) is 2. The normalized spacial score (nSPS) is 11.6. The van der Waals surface area contributed by atoms with Gasteiger partial charge in [0.05, 0.1) is 5.52 Å². The molecule has 0 aliphatic heterocycles. The van der Waals surface area contributed by atoms with Crippen LogP contribution in [0.2, 0.25) is 10.0 Å². The first-order valence-electron chi connectivity index (χ1n) is 12.5. The Morgan fingerprint density at radius 2 is 1.21 bits per heavy atom. The average molecular weight is 534 g/mol. The van der Waals surface area contributed by atoms with Crippen molar-refractivity contribution in [2.75, 3.05) is 12.4 Å². The van der Waals surface area contributed by atoms with Crippen molar-refractivity contribution in [1.29, 1.82) is 0 Å². The van der Waals surface area contributed by atoms with Gasteiger partial charge in [-0.1, -0.05) is 126 Å². The molecule has 3 nitrogen and oxygen atoms in total. The zero-order chi connectivity index (χ0) is 26.1. The monoisotopic (exact) mass is 533 g/mol. The summed E-state index contributed by atoms with van der Waals surface area (Å²) in [5.74, 6) is 0.791. The molecule has 186 valence electrons. The van der Waals surface area contributed by atoms with Gasteiger partial charge in [-0.3, -0.25) is 0 Å². The minimum absolute atomic E-state index is 0.613. The number of halogens is 2. The summed E-state index contributed by atoms with van der Waals surface area (Å²) in [5, 5.41) is 10.8. The number of aromatic nitrogens is 2. The highest BCUT2D eigenvalue weighted by Gasteiger charge is 2.40. The zero-order valence-corrected chi connectivity index (χ0v) is 22.3. The molecule has 6 aromatic rings. The van der Waals surface area contributed by atoms with E-state index < -0.39 is 5.54 Å². The average Bonchev–Trinajstić information content (AvgIpc) is 3.33. The van der Waals surface area contributed by atoms with Crippen LogP contribution in [-0.4, -0.2) is 16.8 Å². The molecule has 38 heavy (non-hydrogen) atoms. The lowest BCUT2D eigenvalue weighted by atomic mass is 9.77. The van der Waals surface area contributed by atoms with E-state index >= 15 is 0 Å². The van der Waals surface area contributed by atoms with Crippen LogP contribution in [0.25, 0.3) is 22.0 Å². The second kappa shape index (κ2) is 10.0. The van der Waals surface area contributed by atoms with E-state index in [1.165, 1.54) is 0 Å². The minimum atomic E-state index is -0.712. The molecule has 0 saturated carbocycles. The van der Waals surface area contributed by atoms with Gasteiger partial charge >= 0.3 is 0 Å². The summed E-state index contributed by atoms with van der Waals surface area (Å²) in [6.07, 6.45) is 0. The number of hydrogen-bond acceptors (Lipinski definition) is 2. The largest absolute Gasteiger partial charge is 0.371 e. The molecular weight excluding hydrogens is 509 g/mol. The fourth-order valence-corrected chi connectivity index (χ4v) is 5.87. The third kappa shape index (κ3) is 3.96. The lowest BCUT2D eigenvalue weighted by Gasteiger charge is -2.37. The Morgan fingerprint density at radius 1 is 0.658 bits per heavy atom. The summed E-state index contributed by atoms with van der Waals surface area (Å²) in [6.45, 7) is 0. The third-order valence-electron chi connectivity index (χ3n) is 7.05. The predicted molar refractivity (Wildman–Crippen MR) is 159 cm³/mol. The summed E-state index contributed by atoms with van der Waals surface area (Å²) >= 11 is 12.8. The van der Waals surface area contributed by atoms with E-state index in [1.807, 2.05) is 37.4 Å². The quantitative estimate of drug-likeness (QED) is 0.216. The number of benzene rings is 5. The smallest absolute Gasteiger partial charge is 0.155 e. The highest BCUT2D eigenvalue weighted by Crippen LogP contribution is 2.44. The van der Waals surface area contributed by atoms with E-state index in [-0.39, 0.29) is 0 Å². The maximum absolute atomic E-state index is 6.59. The number of rotatable bonds is 6. The lowest BCUT2D eigenvalue weighted by molar-refractivity contribution is 0.477. The van der Waals surface area contributed by atoms with E-state index in [2.05, 4.69) is 101 Å². The van der Waals surface area contributed by atoms with Crippen LogP contribution in [0.5, 0.6) is 0 Å². The van der Waals surface area contributed by atoms with Crippen molar-refractivity contribution in [2.45, 2.75) is 5.54 Å². The van der Waals surface area contributed by atoms with Gasteiger partial charge in [-0.2, -0.15) is 5.10 Å². The molecule has 1 N–H and O–H groups in total. The molecule has 0 aliphatic carbocycles. The standard InChI is InChI=1S/C33H25Cl2N3/c1-36-32-29-21-23(28-19-18-27(34)22-30(28)35)17-20-31(29)38(37-32)33(24-11-5-2-6-12-24,25-13-7-3-8-14-25)26-15-9-4-10-16-26/h2-22H,1H3,(H,36,37). The van der Waals surface area contributed by atoms with Crippen molar-refractivity contribution in [3.8, 4) is 11.1 Å². The summed E-state index contributed by atoms with van der Waals surface area (Å²) in [7, 11) is 1.91. The molecule has 1 heterocycles. The number of nitrogens with one attached hydrogen (secondary N) is 1. The van der Waals surface area contributed by atoms with Gasteiger partial charge in [0, 0.05) is 28.0 Å². The Morgan fingerprint density at radius 3 is 1.71 bits per heavy atom. The maximum atomic E-state index is 6.59. The molecule has 0 atom stereocenters. The Bertz CT molecular complexity index is 1620. The van der Waals surface area contributed by atoms with E-state index in [4.69, 9.17) is 28.3 Å². The van der Waals surface area contributed by atoms with Crippen molar-refractivity contribution in [3.05, 3.63) is 154 Å². The van der Waals surface area contributed by atoms with Crippen LogP contribution in [0, 0.1) is 0 Å². The Balaban J connectivity index is 1.70. The molecule has 5 heteroatoms. The maximum Gasteiger partial charge on any atom is 0.155 e. The van der Waals surface area contributed by atoms with Gasteiger partial charge in [-0.25, -0.2) is 4.68 Å². The Labute approximate surface area is 232 Å². The first-order valence-corrected chi connectivity index (χ1v) is 13.2. The van der Waals surface area contributed by atoms with Crippen LogP contribution in [0.1, 0.15) is 16.7 Å². The first kappa shape index (κ1) is 24.3.